The molecule has 3 N–H and O–H groups in total. The van der Waals surface area contributed by atoms with Crippen molar-refractivity contribution in [3.63, 3.8) is 0 Å². The summed E-state index contributed by atoms with van der Waals surface area (Å²) < 4.78 is 56.6. The zero-order valence-electron chi connectivity index (χ0n) is 15.0. The summed E-state index contributed by atoms with van der Waals surface area (Å²) in [6.07, 6.45) is 0.757. The van der Waals surface area contributed by atoms with E-state index in [1.807, 2.05) is 0 Å². The van der Waals surface area contributed by atoms with E-state index in [1.54, 1.807) is 24.3 Å². The number of carboxylic acids is 1. The second-order valence-electron chi connectivity index (χ2n) is 6.57. The first-order valence-corrected chi connectivity index (χ1v) is 10.5. The smallest absolute Gasteiger partial charge is 0.307 e. The average molecular weight is 446 g/mol. The van der Waals surface area contributed by atoms with E-state index in [1.165, 1.54) is 0 Å². The Labute approximate surface area is 171 Å². The number of piperidine rings is 1. The van der Waals surface area contributed by atoms with Crippen molar-refractivity contribution < 1.29 is 27.1 Å². The fourth-order valence-electron chi connectivity index (χ4n) is 3.02. The fraction of sp³-hybridized carbons (Fsp3) is 0.278. The lowest BCUT2D eigenvalue weighted by molar-refractivity contribution is -0.142. The highest BCUT2D eigenvalue weighted by Gasteiger charge is 2.32. The molecule has 0 saturated carbocycles. The van der Waals surface area contributed by atoms with Gasteiger partial charge in [-0.3, -0.25) is 9.52 Å². The molecule has 0 spiro atoms. The van der Waals surface area contributed by atoms with Gasteiger partial charge >= 0.3 is 16.2 Å². The quantitative estimate of drug-likeness (QED) is 0.628. The summed E-state index contributed by atoms with van der Waals surface area (Å²) in [7, 11) is -4.15. The first-order valence-electron chi connectivity index (χ1n) is 8.68. The van der Waals surface area contributed by atoms with Crippen LogP contribution < -0.4 is 10.0 Å². The number of para-hydroxylation sites is 1. The van der Waals surface area contributed by atoms with Crippen molar-refractivity contribution in [3.05, 3.63) is 53.1 Å². The molecule has 156 valence electrons. The molecule has 0 aliphatic carbocycles. The van der Waals surface area contributed by atoms with E-state index in [2.05, 4.69) is 10.0 Å². The van der Waals surface area contributed by atoms with Crippen molar-refractivity contribution >= 4 is 44.8 Å². The third-order valence-corrected chi connectivity index (χ3v) is 6.33. The summed E-state index contributed by atoms with van der Waals surface area (Å²) in [5, 5.41) is 12.0. The van der Waals surface area contributed by atoms with Gasteiger partial charge in [0.05, 0.1) is 28.0 Å². The minimum Gasteiger partial charge on any atom is -0.481 e. The van der Waals surface area contributed by atoms with Gasteiger partial charge in [-0.15, -0.1) is 0 Å². The number of hydrogen-bond acceptors (Lipinski definition) is 4. The molecular formula is C18H18ClF2N3O4S. The summed E-state index contributed by atoms with van der Waals surface area (Å²) in [5.41, 5.74) is -0.207. The molecule has 2 aromatic rings. The van der Waals surface area contributed by atoms with Crippen molar-refractivity contribution in [2.24, 2.45) is 5.92 Å². The number of rotatable bonds is 6. The van der Waals surface area contributed by atoms with E-state index >= 15 is 0 Å². The normalized spacial score (nSPS) is 17.7. The average Bonchev–Trinajstić information content (AvgIpc) is 2.67. The van der Waals surface area contributed by atoms with E-state index < -0.39 is 33.7 Å². The zero-order chi connectivity index (χ0) is 21.2. The largest absolute Gasteiger partial charge is 0.481 e. The predicted molar refractivity (Wildman–Crippen MR) is 106 cm³/mol. The van der Waals surface area contributed by atoms with Gasteiger partial charge in [0.2, 0.25) is 0 Å². The Hall–Kier alpha value is -2.43. The monoisotopic (exact) mass is 445 g/mol. The number of carbonyl (C=O) groups is 1. The van der Waals surface area contributed by atoms with Gasteiger partial charge in [-0.05, 0) is 31.0 Å². The summed E-state index contributed by atoms with van der Waals surface area (Å²) in [5.74, 6) is -4.36. The van der Waals surface area contributed by atoms with Crippen LogP contribution >= 0.6 is 11.6 Å². The molecule has 2 aromatic carbocycles. The molecule has 1 aliphatic heterocycles. The first-order chi connectivity index (χ1) is 13.7. The number of nitrogens with one attached hydrogen (secondary N) is 2. The Balaban J connectivity index is 1.84. The lowest BCUT2D eigenvalue weighted by Crippen LogP contribution is -2.44. The highest BCUT2D eigenvalue weighted by atomic mass is 35.5. The highest BCUT2D eigenvalue weighted by Crippen LogP contribution is 2.30. The van der Waals surface area contributed by atoms with E-state index in [0.717, 1.165) is 10.4 Å². The van der Waals surface area contributed by atoms with Crippen LogP contribution in [-0.2, 0) is 15.0 Å². The predicted octanol–water partition coefficient (Wildman–Crippen LogP) is 3.82. The van der Waals surface area contributed by atoms with Crippen LogP contribution in [0.15, 0.2) is 36.4 Å². The summed E-state index contributed by atoms with van der Waals surface area (Å²) >= 11 is 6.01. The number of benzene rings is 2. The molecule has 11 heteroatoms. The van der Waals surface area contributed by atoms with Gasteiger partial charge < -0.3 is 10.4 Å². The zero-order valence-corrected chi connectivity index (χ0v) is 16.6. The summed E-state index contributed by atoms with van der Waals surface area (Å²) in [6.45, 7) is -0.0629. The molecule has 7 nitrogen and oxygen atoms in total. The number of aliphatic carboxylic acids is 1. The molecule has 0 aromatic heterocycles. The summed E-state index contributed by atoms with van der Waals surface area (Å²) in [4.78, 5) is 11.2. The van der Waals surface area contributed by atoms with Gasteiger partial charge in [-0.2, -0.15) is 12.7 Å². The number of halogens is 3. The number of hydrogen-bond donors (Lipinski definition) is 3. The maximum Gasteiger partial charge on any atom is 0.307 e. The number of carboxylic acid groups (broad SMARTS) is 1. The van der Waals surface area contributed by atoms with Crippen molar-refractivity contribution in [1.82, 2.24) is 4.31 Å². The number of anilines is 3. The van der Waals surface area contributed by atoms with Crippen LogP contribution in [0.2, 0.25) is 5.02 Å². The maximum absolute atomic E-state index is 14.2. The van der Waals surface area contributed by atoms with E-state index in [4.69, 9.17) is 16.7 Å². The van der Waals surface area contributed by atoms with Crippen LogP contribution in [0, 0.1) is 17.6 Å². The van der Waals surface area contributed by atoms with Crippen LogP contribution in [-0.4, -0.2) is 36.9 Å². The van der Waals surface area contributed by atoms with Gasteiger partial charge in [0.1, 0.15) is 0 Å². The molecule has 3 rings (SSSR count). The van der Waals surface area contributed by atoms with Gasteiger partial charge in [-0.1, -0.05) is 23.7 Å². The van der Waals surface area contributed by atoms with Crippen molar-refractivity contribution in [2.75, 3.05) is 23.1 Å². The molecule has 1 heterocycles. The molecule has 1 fully saturated rings. The minimum atomic E-state index is -4.15. The second-order valence-corrected chi connectivity index (χ2v) is 8.64. The third-order valence-electron chi connectivity index (χ3n) is 4.49. The van der Waals surface area contributed by atoms with Crippen LogP contribution in [0.25, 0.3) is 0 Å². The van der Waals surface area contributed by atoms with E-state index in [-0.39, 0.29) is 29.5 Å². The lowest BCUT2D eigenvalue weighted by atomic mass is 10.0. The number of nitrogens with zero attached hydrogens (tertiary/aromatic N) is 1. The molecule has 1 aliphatic rings. The Morgan fingerprint density at radius 2 is 1.93 bits per heavy atom. The molecule has 1 atom stereocenters. The van der Waals surface area contributed by atoms with Crippen LogP contribution in [0.3, 0.4) is 0 Å². The van der Waals surface area contributed by atoms with Crippen molar-refractivity contribution in [3.8, 4) is 0 Å². The van der Waals surface area contributed by atoms with Crippen LogP contribution in [0.1, 0.15) is 12.8 Å². The van der Waals surface area contributed by atoms with Gasteiger partial charge in [0.25, 0.3) is 0 Å². The topological polar surface area (TPSA) is 98.7 Å². The van der Waals surface area contributed by atoms with Gasteiger partial charge in [0, 0.05) is 19.2 Å². The summed E-state index contributed by atoms with van der Waals surface area (Å²) in [6, 6.07) is 8.22. The molecular weight excluding hydrogens is 428 g/mol. The second kappa shape index (κ2) is 8.52. The Bertz CT molecular complexity index is 1040. The molecule has 29 heavy (non-hydrogen) atoms. The molecule has 0 bridgehead atoms. The third kappa shape index (κ3) is 4.95. The van der Waals surface area contributed by atoms with Crippen molar-refractivity contribution in [2.45, 2.75) is 12.8 Å². The lowest BCUT2D eigenvalue weighted by Gasteiger charge is -2.30. The Kier molecular flexibility index (Phi) is 6.25. The van der Waals surface area contributed by atoms with E-state index in [9.17, 15) is 22.0 Å². The molecule has 0 radical (unpaired) electrons. The van der Waals surface area contributed by atoms with Gasteiger partial charge in [-0.25, -0.2) is 8.78 Å². The first kappa shape index (κ1) is 21.3. The van der Waals surface area contributed by atoms with Crippen LogP contribution in [0.4, 0.5) is 25.8 Å². The molecule has 1 saturated heterocycles. The Morgan fingerprint density at radius 3 is 2.62 bits per heavy atom. The van der Waals surface area contributed by atoms with Crippen LogP contribution in [0.5, 0.6) is 0 Å². The highest BCUT2D eigenvalue weighted by molar-refractivity contribution is 7.90. The minimum absolute atomic E-state index is 0.132. The molecule has 0 amide bonds. The van der Waals surface area contributed by atoms with E-state index in [0.29, 0.717) is 24.6 Å². The SMILES string of the molecule is O=C(O)C1CCCN(S(=O)(=O)Nc2cc(F)c(F)c(Nc3ccccc3Cl)c2)C1. The van der Waals surface area contributed by atoms with Crippen molar-refractivity contribution in [1.29, 1.82) is 0 Å². The standard InChI is InChI=1S/C18H18ClF2N3O4S/c19-13-5-1-2-6-15(13)22-16-9-12(8-14(20)17(16)21)23-29(27,28)24-7-3-4-11(10-24)18(25)26/h1-2,5-6,8-9,11,22-23H,3-4,7,10H2,(H,25,26). The van der Waals surface area contributed by atoms with Gasteiger partial charge in [0.15, 0.2) is 11.6 Å². The fourth-order valence-corrected chi connectivity index (χ4v) is 4.50. The molecule has 1 unspecified atom stereocenters. The Morgan fingerprint density at radius 1 is 1.21 bits per heavy atom. The maximum atomic E-state index is 14.2.